The molecule has 3 aromatic rings. The molecule has 0 saturated carbocycles. The number of halogens is 3. The zero-order valence-electron chi connectivity index (χ0n) is 13.1. The molecule has 0 aliphatic heterocycles. The van der Waals surface area contributed by atoms with E-state index in [0.717, 1.165) is 12.1 Å². The van der Waals surface area contributed by atoms with Crippen molar-refractivity contribution < 1.29 is 17.2 Å². The first-order valence-electron chi connectivity index (χ1n) is 7.30. The van der Waals surface area contributed by atoms with Gasteiger partial charge in [0.25, 0.3) is 10.0 Å². The molecule has 0 aliphatic rings. The maximum atomic E-state index is 13.2. The summed E-state index contributed by atoms with van der Waals surface area (Å²) in [5, 5.41) is 3.26. The zero-order chi connectivity index (χ0) is 18.7. The van der Waals surface area contributed by atoms with Crippen LogP contribution >= 0.6 is 11.6 Å². The van der Waals surface area contributed by atoms with Gasteiger partial charge in [-0.1, -0.05) is 11.6 Å². The second-order valence-electron chi connectivity index (χ2n) is 5.25. The van der Waals surface area contributed by atoms with E-state index in [9.17, 15) is 17.2 Å². The highest BCUT2D eigenvalue weighted by atomic mass is 35.5. The lowest BCUT2D eigenvalue weighted by atomic mass is 10.3. The number of rotatable bonds is 5. The van der Waals surface area contributed by atoms with Crippen molar-refractivity contribution in [2.75, 3.05) is 10.0 Å². The molecule has 0 fully saturated rings. The Bertz CT molecular complexity index is 1030. The maximum Gasteiger partial charge on any atom is 0.263 e. The molecule has 0 atom stereocenters. The van der Waals surface area contributed by atoms with Crippen LogP contribution in [-0.2, 0) is 10.0 Å². The van der Waals surface area contributed by atoms with Gasteiger partial charge in [0, 0.05) is 16.8 Å². The van der Waals surface area contributed by atoms with E-state index in [4.69, 9.17) is 11.6 Å². The Morgan fingerprint density at radius 2 is 1.58 bits per heavy atom. The smallest absolute Gasteiger partial charge is 0.263 e. The molecule has 0 spiro atoms. The first kappa shape index (κ1) is 18.1. The van der Waals surface area contributed by atoms with E-state index in [0.29, 0.717) is 16.4 Å². The van der Waals surface area contributed by atoms with Gasteiger partial charge in [0.2, 0.25) is 0 Å². The van der Waals surface area contributed by atoms with Crippen molar-refractivity contribution in [1.82, 2.24) is 4.98 Å². The lowest BCUT2D eigenvalue weighted by Gasteiger charge is -2.09. The van der Waals surface area contributed by atoms with Crippen LogP contribution in [-0.4, -0.2) is 13.4 Å². The van der Waals surface area contributed by atoms with Gasteiger partial charge in [0.1, 0.15) is 5.82 Å². The van der Waals surface area contributed by atoms with Crippen molar-refractivity contribution in [1.29, 1.82) is 0 Å². The molecule has 0 saturated heterocycles. The Morgan fingerprint density at radius 3 is 2.19 bits per heavy atom. The summed E-state index contributed by atoms with van der Waals surface area (Å²) in [6.45, 7) is 0. The Kier molecular flexibility index (Phi) is 5.06. The highest BCUT2D eigenvalue weighted by Gasteiger charge is 2.14. The fourth-order valence-electron chi connectivity index (χ4n) is 2.08. The number of aromatic nitrogens is 1. The minimum Gasteiger partial charge on any atom is -0.354 e. The Hall–Kier alpha value is -2.71. The Morgan fingerprint density at radius 1 is 0.885 bits per heavy atom. The van der Waals surface area contributed by atoms with Crippen LogP contribution in [0, 0.1) is 11.6 Å². The topological polar surface area (TPSA) is 71.1 Å². The minimum absolute atomic E-state index is 0.0488. The SMILES string of the molecule is O=S(=O)(Nc1ccc(Nc2ccc(F)c(F)c2)cn1)c1ccc(Cl)cc1. The number of nitrogens with one attached hydrogen (secondary N) is 2. The second kappa shape index (κ2) is 7.27. The average molecular weight is 396 g/mol. The quantitative estimate of drug-likeness (QED) is 0.664. The molecule has 0 unspecified atom stereocenters. The lowest BCUT2D eigenvalue weighted by molar-refractivity contribution is 0.509. The van der Waals surface area contributed by atoms with Gasteiger partial charge in [0.15, 0.2) is 11.6 Å². The third kappa shape index (κ3) is 4.27. The van der Waals surface area contributed by atoms with E-state index in [1.54, 1.807) is 6.07 Å². The summed E-state index contributed by atoms with van der Waals surface area (Å²) in [5.74, 6) is -1.81. The molecule has 5 nitrogen and oxygen atoms in total. The van der Waals surface area contributed by atoms with E-state index in [1.807, 2.05) is 0 Å². The van der Waals surface area contributed by atoms with Crippen LogP contribution in [0.3, 0.4) is 0 Å². The molecule has 1 aromatic heterocycles. The second-order valence-corrected chi connectivity index (χ2v) is 7.36. The third-order valence-electron chi connectivity index (χ3n) is 3.33. The summed E-state index contributed by atoms with van der Waals surface area (Å²) >= 11 is 5.75. The summed E-state index contributed by atoms with van der Waals surface area (Å²) in [7, 11) is -3.80. The number of hydrogen-bond donors (Lipinski definition) is 2. The van der Waals surface area contributed by atoms with Crippen LogP contribution in [0.1, 0.15) is 0 Å². The van der Waals surface area contributed by atoms with Gasteiger partial charge in [0.05, 0.1) is 16.8 Å². The lowest BCUT2D eigenvalue weighted by Crippen LogP contribution is -2.13. The van der Waals surface area contributed by atoms with Crippen molar-refractivity contribution in [3.63, 3.8) is 0 Å². The number of nitrogens with zero attached hydrogens (tertiary/aromatic N) is 1. The third-order valence-corrected chi connectivity index (χ3v) is 4.96. The highest BCUT2D eigenvalue weighted by Crippen LogP contribution is 2.21. The van der Waals surface area contributed by atoms with Gasteiger partial charge >= 0.3 is 0 Å². The number of sulfonamides is 1. The molecule has 0 bridgehead atoms. The molecule has 0 radical (unpaired) electrons. The van der Waals surface area contributed by atoms with Crippen molar-refractivity contribution in [2.24, 2.45) is 0 Å². The average Bonchev–Trinajstić information content (AvgIpc) is 2.60. The Labute approximate surface area is 153 Å². The van der Waals surface area contributed by atoms with Gasteiger partial charge in [-0.2, -0.15) is 0 Å². The molecule has 26 heavy (non-hydrogen) atoms. The van der Waals surface area contributed by atoms with Crippen LogP contribution < -0.4 is 10.0 Å². The van der Waals surface area contributed by atoms with Gasteiger partial charge in [-0.25, -0.2) is 22.2 Å². The standard InChI is InChI=1S/C17H12ClF2N3O2S/c18-11-1-5-14(6-2-11)26(24,25)23-17-8-4-13(10-21-17)22-12-3-7-15(19)16(20)9-12/h1-10,22H,(H,21,23). The number of pyridine rings is 1. The van der Waals surface area contributed by atoms with Gasteiger partial charge in [-0.05, 0) is 48.5 Å². The van der Waals surface area contributed by atoms with Crippen LogP contribution in [0.25, 0.3) is 0 Å². The van der Waals surface area contributed by atoms with Crippen LogP contribution in [0.4, 0.5) is 26.0 Å². The molecular weight excluding hydrogens is 384 g/mol. The summed E-state index contributed by atoms with van der Waals surface area (Å²) in [5.41, 5.74) is 0.811. The number of anilines is 3. The van der Waals surface area contributed by atoms with E-state index in [2.05, 4.69) is 15.0 Å². The molecule has 2 aromatic carbocycles. The molecule has 1 heterocycles. The van der Waals surface area contributed by atoms with Crippen molar-refractivity contribution in [3.8, 4) is 0 Å². The molecule has 9 heteroatoms. The number of hydrogen-bond acceptors (Lipinski definition) is 4. The van der Waals surface area contributed by atoms with Crippen LogP contribution in [0.15, 0.2) is 65.7 Å². The van der Waals surface area contributed by atoms with Gasteiger partial charge < -0.3 is 5.32 Å². The highest BCUT2D eigenvalue weighted by molar-refractivity contribution is 7.92. The predicted octanol–water partition coefficient (Wildman–Crippen LogP) is 4.56. The fraction of sp³-hybridized carbons (Fsp3) is 0. The summed E-state index contributed by atoms with van der Waals surface area (Å²) in [4.78, 5) is 4.05. The summed E-state index contributed by atoms with van der Waals surface area (Å²) < 4.78 is 53.0. The monoisotopic (exact) mass is 395 g/mol. The minimum atomic E-state index is -3.80. The largest absolute Gasteiger partial charge is 0.354 e. The fourth-order valence-corrected chi connectivity index (χ4v) is 3.21. The predicted molar refractivity (Wildman–Crippen MR) is 96.1 cm³/mol. The van der Waals surface area contributed by atoms with E-state index >= 15 is 0 Å². The summed E-state index contributed by atoms with van der Waals surface area (Å²) in [6.07, 6.45) is 1.36. The molecule has 0 amide bonds. The molecule has 0 aliphatic carbocycles. The van der Waals surface area contributed by atoms with Gasteiger partial charge in [-0.15, -0.1) is 0 Å². The molecule has 2 N–H and O–H groups in total. The molecule has 3 rings (SSSR count). The van der Waals surface area contributed by atoms with Crippen molar-refractivity contribution >= 4 is 38.8 Å². The molecular formula is C17H12ClF2N3O2S. The molecule has 134 valence electrons. The van der Waals surface area contributed by atoms with Gasteiger partial charge in [-0.3, -0.25) is 4.72 Å². The van der Waals surface area contributed by atoms with E-state index < -0.39 is 21.7 Å². The Balaban J connectivity index is 1.73. The van der Waals surface area contributed by atoms with Crippen molar-refractivity contribution in [2.45, 2.75) is 4.90 Å². The summed E-state index contributed by atoms with van der Waals surface area (Å²) in [6, 6.07) is 12.1. The zero-order valence-corrected chi connectivity index (χ0v) is 14.7. The van der Waals surface area contributed by atoms with E-state index in [1.165, 1.54) is 42.6 Å². The number of benzene rings is 2. The van der Waals surface area contributed by atoms with E-state index in [-0.39, 0.29) is 10.7 Å². The van der Waals surface area contributed by atoms with Crippen molar-refractivity contribution in [3.05, 3.63) is 77.5 Å². The first-order valence-corrected chi connectivity index (χ1v) is 9.16. The van der Waals surface area contributed by atoms with Crippen LogP contribution in [0.5, 0.6) is 0 Å². The maximum absolute atomic E-state index is 13.2. The van der Waals surface area contributed by atoms with Crippen LogP contribution in [0.2, 0.25) is 5.02 Å². The first-order chi connectivity index (χ1) is 12.3. The normalized spacial score (nSPS) is 11.2.